The first-order valence-electron chi connectivity index (χ1n) is 4.73. The maximum atomic E-state index is 7.00. The fourth-order valence-corrected chi connectivity index (χ4v) is 0.663. The maximum Gasteiger partial charge on any atom is 0.0514 e. The van der Waals surface area contributed by atoms with Crippen LogP contribution in [-0.4, -0.2) is 25.4 Å². The molecule has 0 aromatic rings. The standard InChI is InChI=1S/C10H22O.CH4O/c1-9(2,3)7-11-8-10(4,5)6;1-2/h7-8H2,1-6H3;2H,1H3. The van der Waals surface area contributed by atoms with E-state index >= 15 is 0 Å². The van der Waals surface area contributed by atoms with Gasteiger partial charge in [-0.25, -0.2) is 0 Å². The van der Waals surface area contributed by atoms with E-state index in [0.29, 0.717) is 10.8 Å². The van der Waals surface area contributed by atoms with Gasteiger partial charge in [0.05, 0.1) is 13.2 Å². The number of hydrogen-bond donors (Lipinski definition) is 1. The zero-order valence-corrected chi connectivity index (χ0v) is 10.3. The summed E-state index contributed by atoms with van der Waals surface area (Å²) >= 11 is 0. The summed E-state index contributed by atoms with van der Waals surface area (Å²) in [7, 11) is 1.00. The van der Waals surface area contributed by atoms with Crippen molar-refractivity contribution in [1.82, 2.24) is 0 Å². The molecule has 0 heterocycles. The van der Waals surface area contributed by atoms with Crippen LogP contribution >= 0.6 is 0 Å². The highest BCUT2D eigenvalue weighted by molar-refractivity contribution is 4.63. The molecule has 0 aromatic carbocycles. The van der Waals surface area contributed by atoms with Crippen LogP contribution in [-0.2, 0) is 4.74 Å². The minimum absolute atomic E-state index is 0.297. The first-order chi connectivity index (χ1) is 5.71. The Labute approximate surface area is 83.3 Å². The molecular formula is C11H26O2. The zero-order valence-electron chi connectivity index (χ0n) is 10.3. The Bertz CT molecular complexity index is 92.2. The van der Waals surface area contributed by atoms with Gasteiger partial charge in [-0.2, -0.15) is 0 Å². The van der Waals surface area contributed by atoms with Gasteiger partial charge < -0.3 is 9.84 Å². The van der Waals surface area contributed by atoms with Crippen molar-refractivity contribution in [3.63, 3.8) is 0 Å². The Morgan fingerprint density at radius 1 is 0.769 bits per heavy atom. The lowest BCUT2D eigenvalue weighted by Gasteiger charge is -2.23. The van der Waals surface area contributed by atoms with Gasteiger partial charge in [0, 0.05) is 7.11 Å². The fraction of sp³-hybridized carbons (Fsp3) is 1.00. The van der Waals surface area contributed by atoms with Gasteiger partial charge in [0.2, 0.25) is 0 Å². The molecule has 0 rings (SSSR count). The lowest BCUT2D eigenvalue weighted by atomic mass is 9.97. The van der Waals surface area contributed by atoms with Gasteiger partial charge in [-0.15, -0.1) is 0 Å². The summed E-state index contributed by atoms with van der Waals surface area (Å²) in [5, 5.41) is 7.00. The van der Waals surface area contributed by atoms with E-state index in [1.165, 1.54) is 0 Å². The Morgan fingerprint density at radius 3 is 1.15 bits per heavy atom. The van der Waals surface area contributed by atoms with Crippen molar-refractivity contribution in [1.29, 1.82) is 0 Å². The smallest absolute Gasteiger partial charge is 0.0514 e. The van der Waals surface area contributed by atoms with Crippen LogP contribution in [0.25, 0.3) is 0 Å². The van der Waals surface area contributed by atoms with Crippen molar-refractivity contribution in [2.75, 3.05) is 20.3 Å². The summed E-state index contributed by atoms with van der Waals surface area (Å²) in [6.45, 7) is 14.8. The predicted octanol–water partition coefficient (Wildman–Crippen LogP) is 2.70. The van der Waals surface area contributed by atoms with E-state index in [0.717, 1.165) is 20.3 Å². The molecule has 0 saturated carbocycles. The number of aliphatic hydroxyl groups is 1. The van der Waals surface area contributed by atoms with Crippen molar-refractivity contribution in [3.05, 3.63) is 0 Å². The average Bonchev–Trinajstić information content (AvgIpc) is 1.86. The second-order valence-corrected chi connectivity index (χ2v) is 5.61. The van der Waals surface area contributed by atoms with Gasteiger partial charge in [-0.05, 0) is 10.8 Å². The molecule has 0 amide bonds. The summed E-state index contributed by atoms with van der Waals surface area (Å²) in [4.78, 5) is 0. The van der Waals surface area contributed by atoms with E-state index in [-0.39, 0.29) is 0 Å². The molecule has 0 aliphatic rings. The van der Waals surface area contributed by atoms with Crippen LogP contribution in [0.1, 0.15) is 41.5 Å². The molecule has 0 radical (unpaired) electrons. The van der Waals surface area contributed by atoms with Crippen LogP contribution in [0, 0.1) is 10.8 Å². The van der Waals surface area contributed by atoms with Crippen molar-refractivity contribution < 1.29 is 9.84 Å². The van der Waals surface area contributed by atoms with Crippen LogP contribution < -0.4 is 0 Å². The molecular weight excluding hydrogens is 164 g/mol. The van der Waals surface area contributed by atoms with Crippen molar-refractivity contribution in [2.45, 2.75) is 41.5 Å². The van der Waals surface area contributed by atoms with Crippen molar-refractivity contribution >= 4 is 0 Å². The molecule has 0 spiro atoms. The summed E-state index contributed by atoms with van der Waals surface area (Å²) in [6.07, 6.45) is 0. The van der Waals surface area contributed by atoms with Gasteiger partial charge in [0.1, 0.15) is 0 Å². The molecule has 0 aliphatic heterocycles. The summed E-state index contributed by atoms with van der Waals surface area (Å²) in [5.74, 6) is 0. The first-order valence-corrected chi connectivity index (χ1v) is 4.73. The van der Waals surface area contributed by atoms with E-state index in [4.69, 9.17) is 9.84 Å². The Kier molecular flexibility index (Phi) is 7.56. The van der Waals surface area contributed by atoms with Gasteiger partial charge >= 0.3 is 0 Å². The van der Waals surface area contributed by atoms with E-state index < -0.39 is 0 Å². The van der Waals surface area contributed by atoms with Crippen LogP contribution in [0.15, 0.2) is 0 Å². The zero-order chi connectivity index (χ0) is 11.1. The van der Waals surface area contributed by atoms with E-state index in [2.05, 4.69) is 41.5 Å². The molecule has 0 aromatic heterocycles. The SMILES string of the molecule is CC(C)(C)COCC(C)(C)C.CO. The van der Waals surface area contributed by atoms with Gasteiger partial charge in [-0.3, -0.25) is 0 Å². The lowest BCUT2D eigenvalue weighted by molar-refractivity contribution is 0.0275. The molecule has 2 nitrogen and oxygen atoms in total. The Hall–Kier alpha value is -0.0800. The molecule has 0 fully saturated rings. The van der Waals surface area contributed by atoms with Crippen LogP contribution in [0.2, 0.25) is 0 Å². The minimum Gasteiger partial charge on any atom is -0.400 e. The topological polar surface area (TPSA) is 29.5 Å². The molecule has 1 N–H and O–H groups in total. The third kappa shape index (κ3) is 18.7. The molecule has 0 unspecified atom stereocenters. The van der Waals surface area contributed by atoms with Crippen molar-refractivity contribution in [2.24, 2.45) is 10.8 Å². The fourth-order valence-electron chi connectivity index (χ4n) is 0.663. The molecule has 0 bridgehead atoms. The van der Waals surface area contributed by atoms with Gasteiger partial charge in [-0.1, -0.05) is 41.5 Å². The van der Waals surface area contributed by atoms with E-state index in [1.807, 2.05) is 0 Å². The highest BCUT2D eigenvalue weighted by Gasteiger charge is 2.14. The molecule has 82 valence electrons. The normalized spacial score (nSPS) is 12.0. The largest absolute Gasteiger partial charge is 0.400 e. The Morgan fingerprint density at radius 2 is 1.00 bits per heavy atom. The second-order valence-electron chi connectivity index (χ2n) is 5.61. The number of ether oxygens (including phenoxy) is 1. The van der Waals surface area contributed by atoms with Crippen LogP contribution in [0.5, 0.6) is 0 Å². The molecule has 0 aliphatic carbocycles. The second kappa shape index (κ2) is 6.39. The molecule has 13 heavy (non-hydrogen) atoms. The van der Waals surface area contributed by atoms with E-state index in [1.54, 1.807) is 0 Å². The van der Waals surface area contributed by atoms with E-state index in [9.17, 15) is 0 Å². The molecule has 0 atom stereocenters. The van der Waals surface area contributed by atoms with Crippen molar-refractivity contribution in [3.8, 4) is 0 Å². The summed E-state index contributed by atoms with van der Waals surface area (Å²) < 4.78 is 5.56. The maximum absolute atomic E-state index is 7.00. The monoisotopic (exact) mass is 190 g/mol. The third-order valence-electron chi connectivity index (χ3n) is 1.07. The van der Waals surface area contributed by atoms with Crippen LogP contribution in [0.3, 0.4) is 0 Å². The number of hydrogen-bond acceptors (Lipinski definition) is 2. The molecule has 0 saturated heterocycles. The first kappa shape index (κ1) is 15.4. The summed E-state index contributed by atoms with van der Waals surface area (Å²) in [6, 6.07) is 0. The third-order valence-corrected chi connectivity index (χ3v) is 1.07. The van der Waals surface area contributed by atoms with Gasteiger partial charge in [0.15, 0.2) is 0 Å². The number of aliphatic hydroxyl groups excluding tert-OH is 1. The minimum atomic E-state index is 0.297. The average molecular weight is 190 g/mol. The highest BCUT2D eigenvalue weighted by Crippen LogP contribution is 2.17. The lowest BCUT2D eigenvalue weighted by Crippen LogP contribution is -2.21. The van der Waals surface area contributed by atoms with Crippen LogP contribution in [0.4, 0.5) is 0 Å². The Balaban J connectivity index is 0. The van der Waals surface area contributed by atoms with Gasteiger partial charge in [0.25, 0.3) is 0 Å². The summed E-state index contributed by atoms with van der Waals surface area (Å²) in [5.41, 5.74) is 0.594. The highest BCUT2D eigenvalue weighted by atomic mass is 16.5. The molecule has 2 heteroatoms. The number of rotatable bonds is 2. The quantitative estimate of drug-likeness (QED) is 0.725. The predicted molar refractivity (Wildman–Crippen MR) is 57.9 cm³/mol.